The van der Waals surface area contributed by atoms with Crippen molar-refractivity contribution in [3.63, 3.8) is 0 Å². The molecule has 1 aromatic rings. The summed E-state index contributed by atoms with van der Waals surface area (Å²) in [6.45, 7) is 3.66. The van der Waals surface area contributed by atoms with Crippen LogP contribution in [0.5, 0.6) is 0 Å². The summed E-state index contributed by atoms with van der Waals surface area (Å²) in [7, 11) is 0. The highest BCUT2D eigenvalue weighted by molar-refractivity contribution is 5.21. The average Bonchev–Trinajstić information content (AvgIpc) is 2.91. The quantitative estimate of drug-likeness (QED) is 0.852. The minimum absolute atomic E-state index is 0.0595. The third-order valence-electron chi connectivity index (χ3n) is 3.60. The number of ether oxygens (including phenoxy) is 1. The molecule has 0 spiro atoms. The van der Waals surface area contributed by atoms with Gasteiger partial charge in [0.15, 0.2) is 11.6 Å². The summed E-state index contributed by atoms with van der Waals surface area (Å²) in [4.78, 5) is 0. The zero-order chi connectivity index (χ0) is 13.7. The first kappa shape index (κ1) is 14.4. The maximum Gasteiger partial charge on any atom is 0.159 e. The Bertz CT molecular complexity index is 405. The van der Waals surface area contributed by atoms with Crippen molar-refractivity contribution in [3.8, 4) is 0 Å². The molecule has 1 N–H and O–H groups in total. The molecular weight excluding hydrogens is 248 g/mol. The van der Waals surface area contributed by atoms with Crippen LogP contribution < -0.4 is 5.32 Å². The van der Waals surface area contributed by atoms with Crippen LogP contribution in [0.25, 0.3) is 0 Å². The summed E-state index contributed by atoms with van der Waals surface area (Å²) < 4.78 is 31.9. The number of hydrogen-bond acceptors (Lipinski definition) is 2. The molecule has 0 radical (unpaired) electrons. The minimum atomic E-state index is -0.793. The standard InChI is InChI=1S/C15H21F2NO/c1-2-18-15(8-6-12-4-3-9-19-12)11-5-7-13(16)14(17)10-11/h5,7,10,12,15,18H,2-4,6,8-9H2,1H3. The van der Waals surface area contributed by atoms with Crippen molar-refractivity contribution in [2.45, 2.75) is 44.8 Å². The molecule has 0 aliphatic carbocycles. The van der Waals surface area contributed by atoms with Gasteiger partial charge in [0.2, 0.25) is 0 Å². The van der Waals surface area contributed by atoms with Gasteiger partial charge in [-0.2, -0.15) is 0 Å². The second kappa shape index (κ2) is 6.96. The third-order valence-corrected chi connectivity index (χ3v) is 3.60. The minimum Gasteiger partial charge on any atom is -0.378 e. The smallest absolute Gasteiger partial charge is 0.159 e. The summed E-state index contributed by atoms with van der Waals surface area (Å²) in [5.41, 5.74) is 0.804. The molecule has 1 fully saturated rings. The molecule has 4 heteroatoms. The second-order valence-corrected chi connectivity index (χ2v) is 5.00. The Balaban J connectivity index is 1.99. The van der Waals surface area contributed by atoms with Crippen LogP contribution in [0.1, 0.15) is 44.2 Å². The van der Waals surface area contributed by atoms with Gasteiger partial charge in [0, 0.05) is 12.6 Å². The van der Waals surface area contributed by atoms with E-state index in [1.807, 2.05) is 6.92 Å². The van der Waals surface area contributed by atoms with Gasteiger partial charge in [0.1, 0.15) is 0 Å². The molecule has 106 valence electrons. The zero-order valence-corrected chi connectivity index (χ0v) is 11.3. The van der Waals surface area contributed by atoms with E-state index in [4.69, 9.17) is 4.74 Å². The van der Waals surface area contributed by atoms with E-state index in [-0.39, 0.29) is 6.04 Å². The molecule has 1 aliphatic rings. The van der Waals surface area contributed by atoms with Crippen LogP contribution in [0.2, 0.25) is 0 Å². The molecule has 2 atom stereocenters. The first-order chi connectivity index (χ1) is 9.20. The van der Waals surface area contributed by atoms with Crippen molar-refractivity contribution in [1.29, 1.82) is 0 Å². The predicted molar refractivity (Wildman–Crippen MR) is 71.0 cm³/mol. The Morgan fingerprint density at radius 1 is 1.37 bits per heavy atom. The van der Waals surface area contributed by atoms with E-state index in [1.165, 1.54) is 12.1 Å². The Morgan fingerprint density at radius 3 is 2.84 bits per heavy atom. The van der Waals surface area contributed by atoms with Crippen LogP contribution in [0.4, 0.5) is 8.78 Å². The van der Waals surface area contributed by atoms with Crippen LogP contribution in [0, 0.1) is 11.6 Å². The molecule has 0 saturated carbocycles. The summed E-state index contributed by atoms with van der Waals surface area (Å²) in [5, 5.41) is 3.32. The van der Waals surface area contributed by atoms with E-state index in [0.717, 1.165) is 44.4 Å². The number of halogens is 2. The molecule has 0 bridgehead atoms. The Morgan fingerprint density at radius 2 is 2.21 bits per heavy atom. The molecule has 2 unspecified atom stereocenters. The largest absolute Gasteiger partial charge is 0.378 e. The zero-order valence-electron chi connectivity index (χ0n) is 11.3. The van der Waals surface area contributed by atoms with Gasteiger partial charge < -0.3 is 10.1 Å². The summed E-state index contributed by atoms with van der Waals surface area (Å²) in [6.07, 6.45) is 4.39. The van der Waals surface area contributed by atoms with Crippen LogP contribution >= 0.6 is 0 Å². The SMILES string of the molecule is CCNC(CCC1CCCO1)c1ccc(F)c(F)c1. The molecular formula is C15H21F2NO. The Hall–Kier alpha value is -1.00. The van der Waals surface area contributed by atoms with Crippen molar-refractivity contribution < 1.29 is 13.5 Å². The van der Waals surface area contributed by atoms with Gasteiger partial charge in [-0.25, -0.2) is 8.78 Å². The maximum atomic E-state index is 13.3. The monoisotopic (exact) mass is 269 g/mol. The van der Waals surface area contributed by atoms with Crippen molar-refractivity contribution in [2.75, 3.05) is 13.2 Å². The highest BCUT2D eigenvalue weighted by Gasteiger charge is 2.19. The van der Waals surface area contributed by atoms with E-state index in [0.29, 0.717) is 6.10 Å². The number of benzene rings is 1. The fourth-order valence-electron chi connectivity index (χ4n) is 2.59. The van der Waals surface area contributed by atoms with E-state index in [2.05, 4.69) is 5.32 Å². The van der Waals surface area contributed by atoms with Gasteiger partial charge >= 0.3 is 0 Å². The normalized spacial score (nSPS) is 20.7. The lowest BCUT2D eigenvalue weighted by Gasteiger charge is -2.20. The second-order valence-electron chi connectivity index (χ2n) is 5.00. The molecule has 1 heterocycles. The molecule has 0 amide bonds. The number of rotatable bonds is 6. The molecule has 1 saturated heterocycles. The molecule has 2 nitrogen and oxygen atoms in total. The predicted octanol–water partition coefficient (Wildman–Crippen LogP) is 3.57. The van der Waals surface area contributed by atoms with E-state index in [9.17, 15) is 8.78 Å². The van der Waals surface area contributed by atoms with E-state index in [1.54, 1.807) is 6.07 Å². The van der Waals surface area contributed by atoms with Gasteiger partial charge in [-0.05, 0) is 49.9 Å². The van der Waals surface area contributed by atoms with Gasteiger partial charge in [0.25, 0.3) is 0 Å². The molecule has 2 rings (SSSR count). The first-order valence-electron chi connectivity index (χ1n) is 7.00. The van der Waals surface area contributed by atoms with Crippen LogP contribution in [0.15, 0.2) is 18.2 Å². The molecule has 19 heavy (non-hydrogen) atoms. The summed E-state index contributed by atoms with van der Waals surface area (Å²) >= 11 is 0. The lowest BCUT2D eigenvalue weighted by molar-refractivity contribution is 0.0996. The lowest BCUT2D eigenvalue weighted by Crippen LogP contribution is -2.22. The van der Waals surface area contributed by atoms with Crippen LogP contribution in [0.3, 0.4) is 0 Å². The molecule has 1 aliphatic heterocycles. The van der Waals surface area contributed by atoms with E-state index >= 15 is 0 Å². The topological polar surface area (TPSA) is 21.3 Å². The highest BCUT2D eigenvalue weighted by atomic mass is 19.2. The molecule has 1 aromatic carbocycles. The summed E-state index contributed by atoms with van der Waals surface area (Å²) in [6, 6.07) is 4.20. The Kier molecular flexibility index (Phi) is 5.28. The third kappa shape index (κ3) is 3.98. The van der Waals surface area contributed by atoms with Crippen LogP contribution in [-0.4, -0.2) is 19.3 Å². The van der Waals surface area contributed by atoms with Crippen molar-refractivity contribution in [1.82, 2.24) is 5.32 Å². The van der Waals surface area contributed by atoms with Crippen molar-refractivity contribution in [3.05, 3.63) is 35.4 Å². The summed E-state index contributed by atoms with van der Waals surface area (Å²) in [5.74, 6) is -1.57. The maximum absolute atomic E-state index is 13.3. The van der Waals surface area contributed by atoms with Gasteiger partial charge in [-0.1, -0.05) is 13.0 Å². The van der Waals surface area contributed by atoms with Gasteiger partial charge in [-0.3, -0.25) is 0 Å². The van der Waals surface area contributed by atoms with Crippen molar-refractivity contribution in [2.24, 2.45) is 0 Å². The fraction of sp³-hybridized carbons (Fsp3) is 0.600. The highest BCUT2D eigenvalue weighted by Crippen LogP contribution is 2.25. The van der Waals surface area contributed by atoms with Gasteiger partial charge in [-0.15, -0.1) is 0 Å². The first-order valence-corrected chi connectivity index (χ1v) is 7.00. The van der Waals surface area contributed by atoms with Gasteiger partial charge in [0.05, 0.1) is 6.10 Å². The number of nitrogens with one attached hydrogen (secondary N) is 1. The lowest BCUT2D eigenvalue weighted by atomic mass is 9.99. The fourth-order valence-corrected chi connectivity index (χ4v) is 2.59. The Labute approximate surface area is 113 Å². The van der Waals surface area contributed by atoms with Crippen LogP contribution in [-0.2, 0) is 4.74 Å². The van der Waals surface area contributed by atoms with Crippen molar-refractivity contribution >= 4 is 0 Å². The van der Waals surface area contributed by atoms with E-state index < -0.39 is 11.6 Å². The molecule has 0 aromatic heterocycles. The average molecular weight is 269 g/mol. The number of hydrogen-bond donors (Lipinski definition) is 1.